The summed E-state index contributed by atoms with van der Waals surface area (Å²) in [5.74, 6) is -1.75. The Kier molecular flexibility index (Phi) is 8.78. The molecule has 10 heteroatoms. The van der Waals surface area contributed by atoms with Gasteiger partial charge in [0.15, 0.2) is 5.78 Å². The van der Waals surface area contributed by atoms with Crippen molar-refractivity contribution in [3.63, 3.8) is 0 Å². The van der Waals surface area contributed by atoms with Gasteiger partial charge in [-0.05, 0) is 64.4 Å². The Hall–Kier alpha value is -3.27. The van der Waals surface area contributed by atoms with Crippen molar-refractivity contribution in [2.24, 2.45) is 0 Å². The first-order valence-electron chi connectivity index (χ1n) is 11.0. The van der Waals surface area contributed by atoms with Crippen LogP contribution in [0.5, 0.6) is 0 Å². The van der Waals surface area contributed by atoms with Crippen LogP contribution in [0.2, 0.25) is 0 Å². The van der Waals surface area contributed by atoms with Crippen LogP contribution in [0.1, 0.15) is 50.5 Å². The van der Waals surface area contributed by atoms with Gasteiger partial charge < -0.3 is 10.2 Å². The molecule has 2 aromatic rings. The number of halogens is 1. The van der Waals surface area contributed by atoms with Gasteiger partial charge in [-0.1, -0.05) is 24.3 Å². The van der Waals surface area contributed by atoms with Gasteiger partial charge in [0, 0.05) is 17.6 Å². The van der Waals surface area contributed by atoms with E-state index in [0.717, 1.165) is 10.6 Å². The molecule has 0 aliphatic carbocycles. The topological polar surface area (TPSA) is 104 Å². The van der Waals surface area contributed by atoms with Crippen molar-refractivity contribution in [1.82, 2.24) is 10.2 Å². The molecule has 1 N–H and O–H groups in total. The fraction of sp³-hybridized carbons (Fsp3) is 0.400. The Labute approximate surface area is 206 Å². The molecule has 0 aliphatic rings. The van der Waals surface area contributed by atoms with Crippen LogP contribution < -0.4 is 9.62 Å². The summed E-state index contributed by atoms with van der Waals surface area (Å²) in [7, 11) is -3.92. The third kappa shape index (κ3) is 8.17. The van der Waals surface area contributed by atoms with Gasteiger partial charge in [0.2, 0.25) is 21.8 Å². The fourth-order valence-electron chi connectivity index (χ4n) is 3.34. The quantitative estimate of drug-likeness (QED) is 0.528. The molecule has 0 aromatic heterocycles. The molecule has 0 heterocycles. The molecule has 2 aromatic carbocycles. The largest absolute Gasteiger partial charge is 0.350 e. The molecule has 190 valence electrons. The zero-order valence-electron chi connectivity index (χ0n) is 20.8. The zero-order chi connectivity index (χ0) is 26.6. The van der Waals surface area contributed by atoms with Gasteiger partial charge in [-0.3, -0.25) is 18.7 Å². The summed E-state index contributed by atoms with van der Waals surface area (Å²) in [6, 6.07) is 10.5. The third-order valence-corrected chi connectivity index (χ3v) is 6.29. The first-order valence-corrected chi connectivity index (χ1v) is 12.9. The summed E-state index contributed by atoms with van der Waals surface area (Å²) in [5, 5.41) is 2.82. The number of benzene rings is 2. The summed E-state index contributed by atoms with van der Waals surface area (Å²) >= 11 is 0. The SMILES string of the molecule is CC(=O)c1cccc(N(CC(=O)N(Cc2ccc(F)cc2)C(C)C(=O)NC(C)(C)C)S(C)(=O)=O)c1. The Morgan fingerprint density at radius 1 is 1.06 bits per heavy atom. The maximum absolute atomic E-state index is 13.5. The van der Waals surface area contributed by atoms with E-state index in [9.17, 15) is 27.2 Å². The standard InChI is InChI=1S/C25H32FN3O5S/c1-17(24(32)27-25(3,4)5)28(15-19-10-12-21(26)13-11-19)23(31)16-29(35(6,33)34)22-9-7-8-20(14-22)18(2)30/h7-14,17H,15-16H2,1-6H3,(H,27,32). The number of anilines is 1. The van der Waals surface area contributed by atoms with E-state index < -0.39 is 45.8 Å². The monoisotopic (exact) mass is 505 g/mol. The lowest BCUT2D eigenvalue weighted by Gasteiger charge is -2.33. The number of amides is 2. The van der Waals surface area contributed by atoms with Crippen molar-refractivity contribution in [3.05, 3.63) is 65.5 Å². The zero-order valence-corrected chi connectivity index (χ0v) is 21.6. The van der Waals surface area contributed by atoms with Crippen LogP contribution in [-0.2, 0) is 26.2 Å². The summed E-state index contributed by atoms with van der Waals surface area (Å²) in [5.41, 5.74) is 0.466. The van der Waals surface area contributed by atoms with Gasteiger partial charge >= 0.3 is 0 Å². The number of hydrogen-bond acceptors (Lipinski definition) is 5. The van der Waals surface area contributed by atoms with Crippen molar-refractivity contribution in [2.75, 3.05) is 17.1 Å². The number of sulfonamides is 1. The highest BCUT2D eigenvalue weighted by molar-refractivity contribution is 7.92. The molecule has 0 saturated heterocycles. The predicted octanol–water partition coefficient (Wildman–Crippen LogP) is 3.13. The Balaban J connectivity index is 2.43. The molecule has 0 spiro atoms. The highest BCUT2D eigenvalue weighted by atomic mass is 32.2. The number of rotatable bonds is 9. The van der Waals surface area contributed by atoms with Crippen molar-refractivity contribution < 1.29 is 27.2 Å². The predicted molar refractivity (Wildman–Crippen MR) is 133 cm³/mol. The molecule has 35 heavy (non-hydrogen) atoms. The van der Waals surface area contributed by atoms with E-state index in [-0.39, 0.29) is 18.0 Å². The molecular weight excluding hydrogens is 473 g/mol. The Morgan fingerprint density at radius 2 is 1.66 bits per heavy atom. The number of Topliss-reactive ketones (excluding diaryl/α,β-unsaturated/α-hetero) is 1. The molecule has 2 rings (SSSR count). The normalized spacial score (nSPS) is 12.5. The number of nitrogens with one attached hydrogen (secondary N) is 1. The molecule has 0 radical (unpaired) electrons. The van der Waals surface area contributed by atoms with Gasteiger partial charge in [-0.15, -0.1) is 0 Å². The smallest absolute Gasteiger partial charge is 0.244 e. The molecule has 8 nitrogen and oxygen atoms in total. The number of carbonyl (C=O) groups is 3. The lowest BCUT2D eigenvalue weighted by atomic mass is 10.1. The Bertz CT molecular complexity index is 1190. The number of nitrogens with zero attached hydrogens (tertiary/aromatic N) is 2. The van der Waals surface area contributed by atoms with E-state index in [4.69, 9.17) is 0 Å². The number of ketones is 1. The van der Waals surface area contributed by atoms with Crippen molar-refractivity contribution >= 4 is 33.3 Å². The molecule has 1 atom stereocenters. The van der Waals surface area contributed by atoms with Crippen LogP contribution >= 0.6 is 0 Å². The summed E-state index contributed by atoms with van der Waals surface area (Å²) in [6.07, 6.45) is 0.959. The second-order valence-electron chi connectivity index (χ2n) is 9.44. The van der Waals surface area contributed by atoms with E-state index in [1.54, 1.807) is 33.8 Å². The molecule has 0 fully saturated rings. The van der Waals surface area contributed by atoms with Crippen LogP contribution in [-0.4, -0.2) is 55.3 Å². The average molecular weight is 506 g/mol. The molecule has 1 unspecified atom stereocenters. The van der Waals surface area contributed by atoms with Crippen molar-refractivity contribution in [3.8, 4) is 0 Å². The van der Waals surface area contributed by atoms with Crippen LogP contribution in [0, 0.1) is 5.82 Å². The third-order valence-electron chi connectivity index (χ3n) is 5.15. The van der Waals surface area contributed by atoms with E-state index in [1.807, 2.05) is 0 Å². The maximum atomic E-state index is 13.5. The average Bonchev–Trinajstić information content (AvgIpc) is 2.74. The molecule has 0 bridgehead atoms. The van der Waals surface area contributed by atoms with Gasteiger partial charge in [0.05, 0.1) is 11.9 Å². The highest BCUT2D eigenvalue weighted by Gasteiger charge is 2.31. The highest BCUT2D eigenvalue weighted by Crippen LogP contribution is 2.21. The molecule has 2 amide bonds. The minimum Gasteiger partial charge on any atom is -0.350 e. The van der Waals surface area contributed by atoms with Crippen LogP contribution in [0.25, 0.3) is 0 Å². The summed E-state index contributed by atoms with van der Waals surface area (Å²) in [6.45, 7) is 7.68. The van der Waals surface area contributed by atoms with E-state index in [2.05, 4.69) is 5.32 Å². The molecule has 0 saturated carbocycles. The van der Waals surface area contributed by atoms with Crippen LogP contribution in [0.3, 0.4) is 0 Å². The first kappa shape index (κ1) is 28.0. The summed E-state index contributed by atoms with van der Waals surface area (Å²) < 4.78 is 39.5. The van der Waals surface area contributed by atoms with E-state index >= 15 is 0 Å². The van der Waals surface area contributed by atoms with Crippen molar-refractivity contribution in [1.29, 1.82) is 0 Å². The van der Waals surface area contributed by atoms with Gasteiger partial charge in [0.25, 0.3) is 0 Å². The Morgan fingerprint density at radius 3 is 2.17 bits per heavy atom. The van der Waals surface area contributed by atoms with Gasteiger partial charge in [0.1, 0.15) is 18.4 Å². The lowest BCUT2D eigenvalue weighted by molar-refractivity contribution is -0.140. The molecular formula is C25H32FN3O5S. The summed E-state index contributed by atoms with van der Waals surface area (Å²) in [4.78, 5) is 39.4. The molecule has 0 aliphatic heterocycles. The van der Waals surface area contributed by atoms with Crippen LogP contribution in [0.15, 0.2) is 48.5 Å². The van der Waals surface area contributed by atoms with E-state index in [1.165, 1.54) is 54.3 Å². The second-order valence-corrected chi connectivity index (χ2v) is 11.3. The fourth-order valence-corrected chi connectivity index (χ4v) is 4.18. The van der Waals surface area contributed by atoms with Crippen LogP contribution in [0.4, 0.5) is 10.1 Å². The van der Waals surface area contributed by atoms with Gasteiger partial charge in [-0.25, -0.2) is 12.8 Å². The van der Waals surface area contributed by atoms with E-state index in [0.29, 0.717) is 11.1 Å². The minimum atomic E-state index is -3.92. The number of hydrogen-bond donors (Lipinski definition) is 1. The van der Waals surface area contributed by atoms with Crippen molar-refractivity contribution in [2.45, 2.75) is 52.7 Å². The minimum absolute atomic E-state index is 0.0388. The number of carbonyl (C=O) groups excluding carboxylic acids is 3. The second kappa shape index (κ2) is 11.0. The first-order chi connectivity index (χ1) is 16.1. The van der Waals surface area contributed by atoms with Gasteiger partial charge in [-0.2, -0.15) is 0 Å². The maximum Gasteiger partial charge on any atom is 0.244 e. The lowest BCUT2D eigenvalue weighted by Crippen LogP contribution is -2.54.